The zero-order valence-electron chi connectivity index (χ0n) is 15.2. The van der Waals surface area contributed by atoms with Gasteiger partial charge in [-0.05, 0) is 29.8 Å². The van der Waals surface area contributed by atoms with Crippen LogP contribution in [0.3, 0.4) is 0 Å². The molecule has 0 aliphatic carbocycles. The summed E-state index contributed by atoms with van der Waals surface area (Å²) in [5, 5.41) is 18.2. The van der Waals surface area contributed by atoms with Gasteiger partial charge in [-0.25, -0.2) is 9.59 Å². The van der Waals surface area contributed by atoms with Crippen molar-refractivity contribution in [2.24, 2.45) is 0 Å². The second-order valence-corrected chi connectivity index (χ2v) is 6.78. The Hall–Kier alpha value is -3.52. The highest BCUT2D eigenvalue weighted by Gasteiger charge is 2.22. The molecule has 0 spiro atoms. The molecule has 1 unspecified atom stereocenters. The van der Waals surface area contributed by atoms with E-state index in [1.807, 2.05) is 24.3 Å². The van der Waals surface area contributed by atoms with Crippen LogP contribution in [-0.4, -0.2) is 40.6 Å². The van der Waals surface area contributed by atoms with Gasteiger partial charge >= 0.3 is 12.0 Å². The Morgan fingerprint density at radius 3 is 2.66 bits per heavy atom. The van der Waals surface area contributed by atoms with Gasteiger partial charge in [-0.2, -0.15) is 0 Å². The van der Waals surface area contributed by atoms with Gasteiger partial charge in [0.15, 0.2) is 0 Å². The molecule has 8 nitrogen and oxygen atoms in total. The van der Waals surface area contributed by atoms with Crippen molar-refractivity contribution >= 4 is 46.1 Å². The summed E-state index contributed by atoms with van der Waals surface area (Å²) in [6.45, 7) is -0.371. The summed E-state index contributed by atoms with van der Waals surface area (Å²) in [4.78, 5) is 38.6. The Balaban J connectivity index is 1.54. The topological polar surface area (TPSA) is 123 Å². The van der Waals surface area contributed by atoms with Crippen LogP contribution in [0.5, 0.6) is 0 Å². The van der Waals surface area contributed by atoms with Gasteiger partial charge in [-0.15, -0.1) is 0 Å². The first-order valence-corrected chi connectivity index (χ1v) is 9.18. The zero-order chi connectivity index (χ0) is 20.8. The summed E-state index contributed by atoms with van der Waals surface area (Å²) in [5.74, 6) is -1.77. The third-order valence-electron chi connectivity index (χ3n) is 4.22. The first kappa shape index (κ1) is 20.2. The van der Waals surface area contributed by atoms with Crippen LogP contribution in [0.25, 0.3) is 10.9 Å². The molecule has 0 radical (unpaired) electrons. The van der Waals surface area contributed by atoms with Crippen LogP contribution < -0.4 is 16.0 Å². The quantitative estimate of drug-likeness (QED) is 0.408. The van der Waals surface area contributed by atoms with Gasteiger partial charge in [-0.3, -0.25) is 4.79 Å². The Bertz CT molecular complexity index is 1050. The van der Waals surface area contributed by atoms with E-state index in [4.69, 9.17) is 11.6 Å². The minimum absolute atomic E-state index is 0.111. The van der Waals surface area contributed by atoms with E-state index in [-0.39, 0.29) is 13.0 Å². The number of carboxylic acids is 1. The van der Waals surface area contributed by atoms with E-state index in [1.54, 1.807) is 30.5 Å². The molecule has 29 heavy (non-hydrogen) atoms. The van der Waals surface area contributed by atoms with E-state index < -0.39 is 23.9 Å². The molecule has 1 atom stereocenters. The molecule has 3 rings (SSSR count). The average molecular weight is 415 g/mol. The maximum atomic E-state index is 12.1. The van der Waals surface area contributed by atoms with Gasteiger partial charge in [0.05, 0.1) is 6.54 Å². The van der Waals surface area contributed by atoms with Crippen LogP contribution in [0.2, 0.25) is 5.02 Å². The van der Waals surface area contributed by atoms with Crippen LogP contribution in [0.1, 0.15) is 5.56 Å². The number of halogens is 1. The molecule has 0 bridgehead atoms. The molecule has 3 amide bonds. The highest BCUT2D eigenvalue weighted by molar-refractivity contribution is 6.30. The summed E-state index contributed by atoms with van der Waals surface area (Å²) >= 11 is 5.84. The number of aliphatic carboxylic acids is 1. The minimum Gasteiger partial charge on any atom is -0.480 e. The van der Waals surface area contributed by atoms with E-state index in [0.29, 0.717) is 10.7 Å². The number of amides is 3. The SMILES string of the molecule is O=C(CNC(=O)Nc1cccc(Cl)c1)NC(Cc1c[nH]c2ccccc12)C(=O)O. The largest absolute Gasteiger partial charge is 0.480 e. The Labute approximate surface area is 171 Å². The molecule has 3 aromatic rings. The lowest BCUT2D eigenvalue weighted by Crippen LogP contribution is -2.47. The number of benzene rings is 2. The molecule has 150 valence electrons. The van der Waals surface area contributed by atoms with Crippen molar-refractivity contribution in [2.75, 3.05) is 11.9 Å². The predicted octanol–water partition coefficient (Wildman–Crippen LogP) is 2.75. The van der Waals surface area contributed by atoms with E-state index >= 15 is 0 Å². The summed E-state index contributed by atoms with van der Waals surface area (Å²) in [6, 6.07) is 12.3. The number of hydrogen-bond acceptors (Lipinski definition) is 3. The lowest BCUT2D eigenvalue weighted by atomic mass is 10.1. The molecule has 9 heteroatoms. The van der Waals surface area contributed by atoms with Crippen molar-refractivity contribution in [3.8, 4) is 0 Å². The number of fused-ring (bicyclic) bond motifs is 1. The molecule has 0 fully saturated rings. The fourth-order valence-electron chi connectivity index (χ4n) is 2.87. The van der Waals surface area contributed by atoms with Crippen molar-refractivity contribution in [1.29, 1.82) is 0 Å². The second kappa shape index (κ2) is 9.11. The fraction of sp³-hybridized carbons (Fsp3) is 0.150. The Kier molecular flexibility index (Phi) is 6.36. The number of carbonyl (C=O) groups is 3. The number of urea groups is 1. The van der Waals surface area contributed by atoms with Crippen molar-refractivity contribution in [3.63, 3.8) is 0 Å². The van der Waals surface area contributed by atoms with Crippen LogP contribution in [0, 0.1) is 0 Å². The summed E-state index contributed by atoms with van der Waals surface area (Å²) in [5.41, 5.74) is 2.13. The second-order valence-electron chi connectivity index (χ2n) is 6.34. The minimum atomic E-state index is -1.16. The van der Waals surface area contributed by atoms with E-state index in [0.717, 1.165) is 16.5 Å². The monoisotopic (exact) mass is 414 g/mol. The average Bonchev–Trinajstić information content (AvgIpc) is 3.09. The van der Waals surface area contributed by atoms with Crippen molar-refractivity contribution < 1.29 is 19.5 Å². The van der Waals surface area contributed by atoms with Crippen LogP contribution >= 0.6 is 11.6 Å². The molecule has 0 aliphatic heterocycles. The number of nitrogens with one attached hydrogen (secondary N) is 4. The Morgan fingerprint density at radius 1 is 1.10 bits per heavy atom. The van der Waals surface area contributed by atoms with Gasteiger partial charge in [0.25, 0.3) is 0 Å². The normalized spacial score (nSPS) is 11.6. The van der Waals surface area contributed by atoms with Gasteiger partial charge < -0.3 is 26.0 Å². The smallest absolute Gasteiger partial charge is 0.326 e. The third kappa shape index (κ3) is 5.49. The zero-order valence-corrected chi connectivity index (χ0v) is 16.0. The highest BCUT2D eigenvalue weighted by atomic mass is 35.5. The summed E-state index contributed by atoms with van der Waals surface area (Å²) in [7, 11) is 0. The summed E-state index contributed by atoms with van der Waals surface area (Å²) < 4.78 is 0. The first-order valence-electron chi connectivity index (χ1n) is 8.80. The maximum absolute atomic E-state index is 12.1. The molecular weight excluding hydrogens is 396 g/mol. The first-order chi connectivity index (χ1) is 13.9. The van der Waals surface area contributed by atoms with Crippen molar-refractivity contribution in [3.05, 3.63) is 65.3 Å². The number of carbonyl (C=O) groups excluding carboxylic acids is 2. The van der Waals surface area contributed by atoms with Crippen LogP contribution in [0.4, 0.5) is 10.5 Å². The molecule has 2 aromatic carbocycles. The summed E-state index contributed by atoms with van der Waals surface area (Å²) in [6.07, 6.45) is 1.84. The number of aromatic amines is 1. The number of H-pyrrole nitrogens is 1. The van der Waals surface area contributed by atoms with Gasteiger partial charge in [-0.1, -0.05) is 35.9 Å². The van der Waals surface area contributed by atoms with Gasteiger partial charge in [0.2, 0.25) is 5.91 Å². The number of aromatic nitrogens is 1. The Morgan fingerprint density at radius 2 is 1.90 bits per heavy atom. The van der Waals surface area contributed by atoms with Gasteiger partial charge in [0.1, 0.15) is 6.04 Å². The molecule has 0 saturated carbocycles. The lowest BCUT2D eigenvalue weighted by molar-refractivity contribution is -0.141. The third-order valence-corrected chi connectivity index (χ3v) is 4.46. The number of para-hydroxylation sites is 1. The van der Waals surface area contributed by atoms with Gasteiger partial charge in [0, 0.05) is 34.2 Å². The molecule has 0 aliphatic rings. The van der Waals surface area contributed by atoms with E-state index in [1.165, 1.54) is 0 Å². The van der Waals surface area contributed by atoms with Crippen LogP contribution in [-0.2, 0) is 16.0 Å². The number of anilines is 1. The van der Waals surface area contributed by atoms with Crippen molar-refractivity contribution in [2.45, 2.75) is 12.5 Å². The maximum Gasteiger partial charge on any atom is 0.326 e. The van der Waals surface area contributed by atoms with E-state index in [9.17, 15) is 19.5 Å². The molecular formula is C20H19ClN4O4. The van der Waals surface area contributed by atoms with E-state index in [2.05, 4.69) is 20.9 Å². The molecule has 1 heterocycles. The predicted molar refractivity (Wildman–Crippen MR) is 110 cm³/mol. The molecule has 5 N–H and O–H groups in total. The number of carboxylic acid groups (broad SMARTS) is 1. The van der Waals surface area contributed by atoms with Crippen LogP contribution in [0.15, 0.2) is 54.7 Å². The fourth-order valence-corrected chi connectivity index (χ4v) is 3.06. The molecule has 1 aromatic heterocycles. The van der Waals surface area contributed by atoms with Crippen molar-refractivity contribution in [1.82, 2.24) is 15.6 Å². The number of hydrogen-bond donors (Lipinski definition) is 5. The molecule has 0 saturated heterocycles. The standard InChI is InChI=1S/C20H19ClN4O4/c21-13-4-3-5-14(9-13)24-20(29)23-11-18(26)25-17(19(27)28)8-12-10-22-16-7-2-1-6-15(12)16/h1-7,9-10,17,22H,8,11H2,(H,25,26)(H,27,28)(H2,23,24,29). The highest BCUT2D eigenvalue weighted by Crippen LogP contribution is 2.19. The lowest BCUT2D eigenvalue weighted by Gasteiger charge is -2.15. The number of rotatable bonds is 7.